The molecule has 1 N–H and O–H groups in total. The molecule has 0 aliphatic carbocycles. The minimum absolute atomic E-state index is 0.130. The Morgan fingerprint density at radius 2 is 2.00 bits per heavy atom. The van der Waals surface area contributed by atoms with E-state index in [1.807, 2.05) is 30.3 Å². The van der Waals surface area contributed by atoms with Crippen LogP contribution in [0.2, 0.25) is 0 Å². The van der Waals surface area contributed by atoms with Gasteiger partial charge in [-0.3, -0.25) is 4.79 Å². The van der Waals surface area contributed by atoms with Crippen LogP contribution in [0.4, 0.5) is 5.82 Å². The molecule has 0 saturated carbocycles. The number of H-pyrrole nitrogens is 1. The highest BCUT2D eigenvalue weighted by atomic mass is 16.1. The van der Waals surface area contributed by atoms with E-state index in [1.165, 1.54) is 6.20 Å². The van der Waals surface area contributed by atoms with Gasteiger partial charge >= 0.3 is 5.82 Å². The second-order valence-corrected chi connectivity index (χ2v) is 2.93. The summed E-state index contributed by atoms with van der Waals surface area (Å²) in [4.78, 5) is 20.7. The molecule has 2 rings (SSSR count). The van der Waals surface area contributed by atoms with Gasteiger partial charge in [0.1, 0.15) is 6.20 Å². The van der Waals surface area contributed by atoms with Crippen LogP contribution < -0.4 is 5.56 Å². The molecule has 4 heteroatoms. The van der Waals surface area contributed by atoms with Crippen LogP contribution in [0.15, 0.2) is 41.3 Å². The van der Waals surface area contributed by atoms with Crippen LogP contribution >= 0.6 is 0 Å². The molecule has 1 aromatic heterocycles. The number of nitrogens with zero attached hydrogens (tertiary/aromatic N) is 2. The number of aromatic nitrogens is 2. The normalized spacial score (nSPS) is 9.53. The first-order chi connectivity index (χ1) is 7.31. The zero-order chi connectivity index (χ0) is 10.7. The number of rotatable bonds is 1. The van der Waals surface area contributed by atoms with Gasteiger partial charge in [-0.25, -0.2) is 0 Å². The summed E-state index contributed by atoms with van der Waals surface area (Å²) >= 11 is 0. The minimum atomic E-state index is -0.452. The Kier molecular flexibility index (Phi) is 2.30. The zero-order valence-electron chi connectivity index (χ0n) is 7.77. The summed E-state index contributed by atoms with van der Waals surface area (Å²) in [5.41, 5.74) is 1.04. The first kappa shape index (κ1) is 9.16. The van der Waals surface area contributed by atoms with Crippen molar-refractivity contribution in [2.24, 2.45) is 0 Å². The number of benzene rings is 1. The molecular weight excluding hydrogens is 190 g/mol. The van der Waals surface area contributed by atoms with Crippen LogP contribution in [0.25, 0.3) is 16.1 Å². The van der Waals surface area contributed by atoms with E-state index in [9.17, 15) is 4.79 Å². The Morgan fingerprint density at radius 1 is 1.27 bits per heavy atom. The molecule has 0 saturated heterocycles. The summed E-state index contributed by atoms with van der Waals surface area (Å²) in [6, 6.07) is 9.37. The number of nitrogens with one attached hydrogen (secondary N) is 1. The average Bonchev–Trinajstić information content (AvgIpc) is 2.30. The van der Waals surface area contributed by atoms with Crippen molar-refractivity contribution in [3.63, 3.8) is 0 Å². The molecule has 15 heavy (non-hydrogen) atoms. The van der Waals surface area contributed by atoms with Crippen molar-refractivity contribution in [2.75, 3.05) is 0 Å². The third-order valence-corrected chi connectivity index (χ3v) is 1.96. The van der Waals surface area contributed by atoms with Gasteiger partial charge in [0.15, 0.2) is 0 Å². The molecule has 0 amide bonds. The van der Waals surface area contributed by atoms with Gasteiger partial charge in [0, 0.05) is 5.56 Å². The Labute approximate surface area is 86.1 Å². The lowest BCUT2D eigenvalue weighted by Gasteiger charge is -1.98. The first-order valence-electron chi connectivity index (χ1n) is 4.33. The highest BCUT2D eigenvalue weighted by Crippen LogP contribution is 2.14. The van der Waals surface area contributed by atoms with E-state index < -0.39 is 5.56 Å². The molecule has 0 aliphatic rings. The summed E-state index contributed by atoms with van der Waals surface area (Å²) in [7, 11) is 0. The monoisotopic (exact) mass is 197 g/mol. The number of hydrogen-bond acceptors (Lipinski definition) is 2. The largest absolute Gasteiger partial charge is 0.356 e. The van der Waals surface area contributed by atoms with Crippen LogP contribution in [-0.2, 0) is 0 Å². The SMILES string of the molecule is [C-]#[N+]c1ncc(-c2ccccc2)[nH]c1=O. The molecule has 4 nitrogen and oxygen atoms in total. The number of hydrogen-bond donors (Lipinski definition) is 1. The lowest BCUT2D eigenvalue weighted by atomic mass is 10.2. The summed E-state index contributed by atoms with van der Waals surface area (Å²) in [6.45, 7) is 6.70. The standard InChI is InChI=1S/C11H7N3O/c1-12-10-11(15)14-9(7-13-10)8-5-3-2-4-6-8/h2-7H,(H,14,15). The van der Waals surface area contributed by atoms with Gasteiger partial charge in [-0.1, -0.05) is 36.9 Å². The molecule has 0 atom stereocenters. The molecule has 2 aromatic rings. The second kappa shape index (κ2) is 3.76. The van der Waals surface area contributed by atoms with Crippen molar-refractivity contribution in [1.82, 2.24) is 9.97 Å². The van der Waals surface area contributed by atoms with Crippen molar-refractivity contribution in [3.8, 4) is 11.3 Å². The first-order valence-corrected chi connectivity index (χ1v) is 4.33. The van der Waals surface area contributed by atoms with Crippen molar-refractivity contribution in [1.29, 1.82) is 0 Å². The third kappa shape index (κ3) is 1.76. The van der Waals surface area contributed by atoms with Crippen LogP contribution in [0.3, 0.4) is 0 Å². The van der Waals surface area contributed by atoms with E-state index >= 15 is 0 Å². The molecule has 0 fully saturated rings. The van der Waals surface area contributed by atoms with E-state index in [-0.39, 0.29) is 5.82 Å². The maximum atomic E-state index is 11.3. The lowest BCUT2D eigenvalue weighted by molar-refractivity contribution is 1.17. The molecule has 0 radical (unpaired) electrons. The smallest absolute Gasteiger partial charge is 0.335 e. The quantitative estimate of drug-likeness (QED) is 0.710. The van der Waals surface area contributed by atoms with Crippen molar-refractivity contribution < 1.29 is 0 Å². The van der Waals surface area contributed by atoms with Crippen LogP contribution in [-0.4, -0.2) is 9.97 Å². The van der Waals surface area contributed by atoms with Crippen molar-refractivity contribution in [3.05, 3.63) is 58.3 Å². The fourth-order valence-corrected chi connectivity index (χ4v) is 1.24. The van der Waals surface area contributed by atoms with Crippen LogP contribution in [0, 0.1) is 6.57 Å². The Bertz CT molecular complexity index is 566. The van der Waals surface area contributed by atoms with Gasteiger partial charge in [0.05, 0.1) is 5.69 Å². The molecular formula is C11H7N3O. The topological polar surface area (TPSA) is 50.1 Å². The van der Waals surface area contributed by atoms with E-state index in [1.54, 1.807) is 0 Å². The van der Waals surface area contributed by atoms with E-state index in [2.05, 4.69) is 14.8 Å². The Hall–Kier alpha value is -2.41. The van der Waals surface area contributed by atoms with Gasteiger partial charge in [-0.15, -0.1) is 4.98 Å². The van der Waals surface area contributed by atoms with E-state index in [0.29, 0.717) is 5.69 Å². The third-order valence-electron chi connectivity index (χ3n) is 1.96. The van der Waals surface area contributed by atoms with Crippen LogP contribution in [0.5, 0.6) is 0 Å². The van der Waals surface area contributed by atoms with E-state index in [0.717, 1.165) is 5.56 Å². The van der Waals surface area contributed by atoms with Gasteiger partial charge in [-0.2, -0.15) is 0 Å². The summed E-state index contributed by atoms with van der Waals surface area (Å²) in [5, 5.41) is 0. The highest BCUT2D eigenvalue weighted by Gasteiger charge is 2.04. The fraction of sp³-hybridized carbons (Fsp3) is 0. The summed E-state index contributed by atoms with van der Waals surface area (Å²) < 4.78 is 0. The van der Waals surface area contributed by atoms with E-state index in [4.69, 9.17) is 6.57 Å². The fourth-order valence-electron chi connectivity index (χ4n) is 1.24. The van der Waals surface area contributed by atoms with Gasteiger partial charge < -0.3 is 9.83 Å². The van der Waals surface area contributed by atoms with Gasteiger partial charge in [0.25, 0.3) is 5.56 Å². The van der Waals surface area contributed by atoms with Crippen molar-refractivity contribution in [2.45, 2.75) is 0 Å². The summed E-state index contributed by atoms with van der Waals surface area (Å²) in [6.07, 6.45) is 1.49. The Morgan fingerprint density at radius 3 is 2.60 bits per heavy atom. The molecule has 0 aliphatic heterocycles. The van der Waals surface area contributed by atoms with Crippen molar-refractivity contribution >= 4 is 5.82 Å². The molecule has 0 bridgehead atoms. The lowest BCUT2D eigenvalue weighted by Crippen LogP contribution is -2.07. The zero-order valence-corrected chi connectivity index (χ0v) is 7.77. The Balaban J connectivity index is 2.54. The van der Waals surface area contributed by atoms with Gasteiger partial charge in [0.2, 0.25) is 0 Å². The molecule has 0 unspecified atom stereocenters. The molecule has 0 spiro atoms. The molecule has 1 aromatic carbocycles. The molecule has 1 heterocycles. The maximum absolute atomic E-state index is 11.3. The average molecular weight is 197 g/mol. The maximum Gasteiger partial charge on any atom is 0.335 e. The molecule has 72 valence electrons. The predicted molar refractivity (Wildman–Crippen MR) is 56.6 cm³/mol. The van der Waals surface area contributed by atoms with Crippen LogP contribution in [0.1, 0.15) is 0 Å². The second-order valence-electron chi connectivity index (χ2n) is 2.93. The summed E-state index contributed by atoms with van der Waals surface area (Å²) in [5.74, 6) is -0.130. The highest BCUT2D eigenvalue weighted by molar-refractivity contribution is 5.58. The predicted octanol–water partition coefficient (Wildman–Crippen LogP) is 1.99. The van der Waals surface area contributed by atoms with Gasteiger partial charge in [-0.05, 0) is 0 Å². The number of aromatic amines is 1. The minimum Gasteiger partial charge on any atom is -0.356 e.